The minimum absolute atomic E-state index is 0.849. The van der Waals surface area contributed by atoms with Crippen LogP contribution >= 0.6 is 0 Å². The van der Waals surface area contributed by atoms with E-state index in [0.29, 0.717) is 0 Å². The van der Waals surface area contributed by atoms with Gasteiger partial charge in [-0.05, 0) is 95.6 Å². The summed E-state index contributed by atoms with van der Waals surface area (Å²) in [5.41, 5.74) is 20.7. The number of anilines is 10. The Kier molecular flexibility index (Phi) is 8.85. The van der Waals surface area contributed by atoms with Gasteiger partial charge in [0.05, 0.1) is 56.9 Å². The summed E-state index contributed by atoms with van der Waals surface area (Å²) < 4.78 is 4.14. The first-order valence-electron chi connectivity index (χ1n) is 22.8. The summed E-state index contributed by atoms with van der Waals surface area (Å²) in [6, 6.07) is 65.2. The quantitative estimate of drug-likeness (QED) is 0.163. The summed E-state index contributed by atoms with van der Waals surface area (Å²) in [5, 5.41) is 0. The van der Waals surface area contributed by atoms with Crippen LogP contribution in [0.15, 0.2) is 194 Å². The SMILES string of the molecule is CN1c2ccccc2N(c2ccc(-c3ccc(-c4nc5cccnc5n4C)cc3)c(-c3ccc(-c4nc5cccnc5n4C)cc3)c2N2c3ccccc3N(C)c3ccccc32)c2ccccc21. The Morgan fingerprint density at radius 2 is 0.706 bits per heavy atom. The van der Waals surface area contributed by atoms with E-state index in [4.69, 9.17) is 9.97 Å². The number of pyridine rings is 2. The van der Waals surface area contributed by atoms with Crippen LogP contribution in [0.2, 0.25) is 0 Å². The van der Waals surface area contributed by atoms with Crippen molar-refractivity contribution >= 4 is 79.2 Å². The highest BCUT2D eigenvalue weighted by Crippen LogP contribution is 2.60. The van der Waals surface area contributed by atoms with E-state index in [1.54, 1.807) is 0 Å². The highest BCUT2D eigenvalue weighted by atomic mass is 15.3. The Bertz CT molecular complexity index is 3680. The molecule has 0 saturated carbocycles. The zero-order valence-electron chi connectivity index (χ0n) is 37.9. The fourth-order valence-corrected chi connectivity index (χ4v) is 10.4. The maximum atomic E-state index is 5.04. The first-order chi connectivity index (χ1) is 33.4. The summed E-state index contributed by atoms with van der Waals surface area (Å²) in [6.07, 6.45) is 3.64. The van der Waals surface area contributed by atoms with Gasteiger partial charge in [-0.25, -0.2) is 19.9 Å². The molecule has 0 bridgehead atoms. The van der Waals surface area contributed by atoms with Gasteiger partial charge >= 0.3 is 0 Å². The number of imidazole rings is 2. The minimum Gasteiger partial charge on any atom is -0.341 e. The topological polar surface area (TPSA) is 74.4 Å². The predicted octanol–water partition coefficient (Wildman–Crippen LogP) is 14.0. The standard InChI is InChI=1S/C58H44N10/c1-63-44-17-5-9-21-48(44)67(49-22-10-6-18-45(49)63)52-34-33-41(37-25-29-39(30-26-37)55-61-42-15-13-35-59-57(42)65(55)3)53(38-27-31-40(32-28-38)56-62-43-16-14-36-60-58(43)66(56)4)54(52)68-50-23-11-7-19-46(50)64(2)47-20-8-12-24-51(47)68/h5-36H,1-4H3. The fourth-order valence-electron chi connectivity index (χ4n) is 10.4. The van der Waals surface area contributed by atoms with E-state index in [1.807, 2.05) is 50.8 Å². The average Bonchev–Trinajstić information content (AvgIpc) is 3.92. The van der Waals surface area contributed by atoms with Gasteiger partial charge in [0.25, 0.3) is 0 Å². The van der Waals surface area contributed by atoms with Gasteiger partial charge in [-0.15, -0.1) is 0 Å². The molecule has 0 N–H and O–H groups in total. The number of nitrogens with zero attached hydrogens (tertiary/aromatic N) is 10. The van der Waals surface area contributed by atoms with Gasteiger partial charge < -0.3 is 28.7 Å². The summed E-state index contributed by atoms with van der Waals surface area (Å²) in [6.45, 7) is 0. The summed E-state index contributed by atoms with van der Waals surface area (Å²) in [5.74, 6) is 1.73. The molecule has 0 spiro atoms. The number of benzene rings is 7. The van der Waals surface area contributed by atoms with E-state index in [-0.39, 0.29) is 0 Å². The second-order valence-corrected chi connectivity index (χ2v) is 17.4. The van der Waals surface area contributed by atoms with E-state index in [9.17, 15) is 0 Å². The Balaban J connectivity index is 1.11. The van der Waals surface area contributed by atoms with Crippen molar-refractivity contribution in [1.82, 2.24) is 29.1 Å². The number of aryl methyl sites for hydroxylation is 2. The monoisotopic (exact) mass is 880 g/mol. The van der Waals surface area contributed by atoms with Crippen LogP contribution < -0.4 is 19.6 Å². The molecular formula is C58H44N10. The predicted molar refractivity (Wildman–Crippen MR) is 278 cm³/mol. The molecule has 0 atom stereocenters. The third kappa shape index (κ3) is 5.90. The number of hydrogen-bond acceptors (Lipinski definition) is 8. The summed E-state index contributed by atoms with van der Waals surface area (Å²) >= 11 is 0. The smallest absolute Gasteiger partial charge is 0.159 e. The molecule has 0 fully saturated rings. The Hall–Kier alpha value is -9.02. The van der Waals surface area contributed by atoms with Crippen LogP contribution in [-0.4, -0.2) is 43.2 Å². The largest absolute Gasteiger partial charge is 0.341 e. The first kappa shape index (κ1) is 39.4. The molecule has 11 aromatic rings. The molecule has 10 heteroatoms. The van der Waals surface area contributed by atoms with E-state index in [1.165, 1.54) is 0 Å². The van der Waals surface area contributed by atoms with Gasteiger partial charge in [0.1, 0.15) is 22.7 Å². The molecule has 0 radical (unpaired) electrons. The average molecular weight is 881 g/mol. The fraction of sp³-hybridized carbons (Fsp3) is 0.0690. The second-order valence-electron chi connectivity index (χ2n) is 17.4. The maximum Gasteiger partial charge on any atom is 0.159 e. The van der Waals surface area contributed by atoms with Crippen LogP contribution in [0.3, 0.4) is 0 Å². The van der Waals surface area contributed by atoms with Gasteiger partial charge in [0, 0.05) is 57.3 Å². The normalized spacial score (nSPS) is 12.9. The summed E-state index contributed by atoms with van der Waals surface area (Å²) in [4.78, 5) is 28.9. The molecule has 0 unspecified atom stereocenters. The van der Waals surface area contributed by atoms with Gasteiger partial charge in [-0.3, -0.25) is 0 Å². The van der Waals surface area contributed by atoms with Crippen molar-refractivity contribution in [2.24, 2.45) is 14.1 Å². The zero-order valence-corrected chi connectivity index (χ0v) is 37.9. The van der Waals surface area contributed by atoms with Crippen molar-refractivity contribution in [2.75, 3.05) is 33.7 Å². The molecular weight excluding hydrogens is 837 g/mol. The van der Waals surface area contributed by atoms with Crippen LogP contribution in [-0.2, 0) is 14.1 Å². The van der Waals surface area contributed by atoms with Crippen molar-refractivity contribution in [3.8, 4) is 45.0 Å². The van der Waals surface area contributed by atoms with Crippen LogP contribution in [0.1, 0.15) is 0 Å². The minimum atomic E-state index is 0.849. The lowest BCUT2D eigenvalue weighted by Gasteiger charge is -2.44. The third-order valence-electron chi connectivity index (χ3n) is 13.7. The molecule has 68 heavy (non-hydrogen) atoms. The molecule has 10 nitrogen and oxygen atoms in total. The zero-order chi connectivity index (χ0) is 45.6. The molecule has 2 aliphatic rings. The van der Waals surface area contributed by atoms with Crippen molar-refractivity contribution in [3.63, 3.8) is 0 Å². The van der Waals surface area contributed by atoms with E-state index < -0.39 is 0 Å². The van der Waals surface area contributed by atoms with E-state index in [0.717, 1.165) is 124 Å². The molecule has 0 amide bonds. The lowest BCUT2D eigenvalue weighted by atomic mass is 9.89. The molecule has 6 heterocycles. The van der Waals surface area contributed by atoms with Crippen molar-refractivity contribution in [3.05, 3.63) is 194 Å². The molecule has 0 saturated heterocycles. The Labute approximate surface area is 393 Å². The molecule has 7 aromatic carbocycles. The number of para-hydroxylation sites is 8. The van der Waals surface area contributed by atoms with Crippen LogP contribution in [0, 0.1) is 0 Å². The van der Waals surface area contributed by atoms with Gasteiger partial charge in [-0.1, -0.05) is 103 Å². The van der Waals surface area contributed by atoms with E-state index >= 15 is 0 Å². The lowest BCUT2D eigenvalue weighted by Crippen LogP contribution is -2.28. The van der Waals surface area contributed by atoms with Crippen molar-refractivity contribution in [1.29, 1.82) is 0 Å². The van der Waals surface area contributed by atoms with Gasteiger partial charge in [-0.2, -0.15) is 0 Å². The summed E-state index contributed by atoms with van der Waals surface area (Å²) in [7, 11) is 8.39. The van der Waals surface area contributed by atoms with Gasteiger partial charge in [0.2, 0.25) is 0 Å². The second kappa shape index (κ2) is 15.3. The number of aromatic nitrogens is 6. The molecule has 326 valence electrons. The van der Waals surface area contributed by atoms with Crippen LogP contribution in [0.4, 0.5) is 56.9 Å². The first-order valence-corrected chi connectivity index (χ1v) is 22.8. The molecule has 2 aliphatic heterocycles. The number of fused-ring (bicyclic) bond motifs is 6. The van der Waals surface area contributed by atoms with Crippen LogP contribution in [0.25, 0.3) is 67.4 Å². The maximum absolute atomic E-state index is 5.04. The number of hydrogen-bond donors (Lipinski definition) is 0. The lowest BCUT2D eigenvalue weighted by molar-refractivity contribution is 0.942. The Morgan fingerprint density at radius 3 is 1.13 bits per heavy atom. The van der Waals surface area contributed by atoms with E-state index in [2.05, 4.69) is 211 Å². The molecule has 4 aromatic heterocycles. The van der Waals surface area contributed by atoms with Gasteiger partial charge in [0.15, 0.2) is 11.3 Å². The highest BCUT2D eigenvalue weighted by molar-refractivity contribution is 6.11. The Morgan fingerprint density at radius 1 is 0.324 bits per heavy atom. The van der Waals surface area contributed by atoms with Crippen molar-refractivity contribution in [2.45, 2.75) is 0 Å². The molecule has 13 rings (SSSR count). The molecule has 0 aliphatic carbocycles. The third-order valence-corrected chi connectivity index (χ3v) is 13.7. The van der Waals surface area contributed by atoms with Crippen molar-refractivity contribution < 1.29 is 0 Å². The highest BCUT2D eigenvalue weighted by Gasteiger charge is 2.36. The van der Waals surface area contributed by atoms with Crippen LogP contribution in [0.5, 0.6) is 0 Å². The number of rotatable bonds is 6.